The molecule has 4 rings (SSSR count). The zero-order chi connectivity index (χ0) is 20.4. The number of hydrogen-bond donors (Lipinski definition) is 0. The number of likely N-dealkylation sites (N-methyl/N-ethyl adjacent to an activating group) is 1. The Bertz CT molecular complexity index is 946. The lowest BCUT2D eigenvalue weighted by molar-refractivity contribution is 0.0563. The largest absolute Gasteiger partial charge is 0.463 e. The number of furan rings is 1. The molecule has 9 heteroatoms. The maximum atomic E-state index is 12.9. The smallest absolute Gasteiger partial charge is 0.373 e. The van der Waals surface area contributed by atoms with E-state index >= 15 is 0 Å². The third-order valence-electron chi connectivity index (χ3n) is 5.49. The van der Waals surface area contributed by atoms with Crippen molar-refractivity contribution in [1.82, 2.24) is 14.6 Å². The molecule has 2 aromatic rings. The van der Waals surface area contributed by atoms with Crippen molar-refractivity contribution < 1.29 is 13.9 Å². The zero-order valence-electron chi connectivity index (χ0n) is 16.8. The fourth-order valence-corrected chi connectivity index (χ4v) is 4.85. The van der Waals surface area contributed by atoms with Crippen LogP contribution in [0.2, 0.25) is 0 Å². The van der Waals surface area contributed by atoms with Crippen LogP contribution in [0.5, 0.6) is 0 Å². The second-order valence-electron chi connectivity index (χ2n) is 7.45. The number of thioether (sulfide) groups is 1. The first-order valence-corrected chi connectivity index (χ1v) is 10.9. The van der Waals surface area contributed by atoms with Crippen molar-refractivity contribution in [2.75, 3.05) is 45.3 Å². The first-order valence-electron chi connectivity index (χ1n) is 9.95. The highest BCUT2D eigenvalue weighted by Gasteiger charge is 2.25. The highest BCUT2D eigenvalue weighted by molar-refractivity contribution is 7.98. The number of hydrogen-bond acceptors (Lipinski definition) is 8. The van der Waals surface area contributed by atoms with Crippen LogP contribution in [0.3, 0.4) is 0 Å². The summed E-state index contributed by atoms with van der Waals surface area (Å²) < 4.78 is 12.0. The lowest BCUT2D eigenvalue weighted by Gasteiger charge is -2.37. The molecule has 0 spiro atoms. The van der Waals surface area contributed by atoms with E-state index in [1.165, 1.54) is 24.4 Å². The molecule has 1 fully saturated rings. The normalized spacial score (nSPS) is 17.2. The summed E-state index contributed by atoms with van der Waals surface area (Å²) in [5.41, 5.74) is 2.09. The van der Waals surface area contributed by atoms with Gasteiger partial charge in [0.15, 0.2) is 0 Å². The van der Waals surface area contributed by atoms with E-state index in [1.807, 2.05) is 4.68 Å². The fourth-order valence-electron chi connectivity index (χ4n) is 3.88. The van der Waals surface area contributed by atoms with Crippen LogP contribution in [0.4, 0.5) is 0 Å². The van der Waals surface area contributed by atoms with Crippen molar-refractivity contribution >= 4 is 17.7 Å². The molecule has 0 radical (unpaired) electrons. The molecular formula is C20H26N4O4S. The van der Waals surface area contributed by atoms with Crippen molar-refractivity contribution in [1.29, 1.82) is 0 Å². The van der Waals surface area contributed by atoms with Crippen molar-refractivity contribution in [2.24, 2.45) is 0 Å². The first kappa shape index (κ1) is 20.0. The quantitative estimate of drug-likeness (QED) is 0.412. The summed E-state index contributed by atoms with van der Waals surface area (Å²) in [6, 6.07) is 3.37. The summed E-state index contributed by atoms with van der Waals surface area (Å²) in [7, 11) is 3.43. The van der Waals surface area contributed by atoms with Gasteiger partial charge in [0.1, 0.15) is 10.8 Å². The van der Waals surface area contributed by atoms with Crippen LogP contribution >= 0.6 is 11.8 Å². The van der Waals surface area contributed by atoms with Gasteiger partial charge in [-0.3, -0.25) is 0 Å². The van der Waals surface area contributed by atoms with Gasteiger partial charge in [-0.2, -0.15) is 4.98 Å². The van der Waals surface area contributed by atoms with E-state index in [0.29, 0.717) is 11.5 Å². The number of nitrogens with zero attached hydrogens (tertiary/aromatic N) is 4. The molecule has 3 heterocycles. The van der Waals surface area contributed by atoms with Gasteiger partial charge >= 0.3 is 11.7 Å². The zero-order valence-corrected chi connectivity index (χ0v) is 17.7. The van der Waals surface area contributed by atoms with E-state index in [-0.39, 0.29) is 11.4 Å². The molecule has 2 aromatic heterocycles. The minimum atomic E-state index is -0.494. The Morgan fingerprint density at radius 1 is 1.21 bits per heavy atom. The van der Waals surface area contributed by atoms with Gasteiger partial charge < -0.3 is 19.1 Å². The lowest BCUT2D eigenvalue weighted by Crippen LogP contribution is -2.54. The number of aromatic nitrogens is 2. The SMILES string of the molecule is COC(=O)c1ccc(CSc2nc(=O)n(N3CCN(C)CC3)c3c2CCCC3)o1. The second kappa shape index (κ2) is 8.62. The molecule has 0 saturated carbocycles. The number of ether oxygens (including phenoxy) is 1. The van der Waals surface area contributed by atoms with Crippen LogP contribution in [-0.2, 0) is 23.3 Å². The van der Waals surface area contributed by atoms with Gasteiger partial charge in [0.25, 0.3) is 0 Å². The highest BCUT2D eigenvalue weighted by Crippen LogP contribution is 2.31. The summed E-state index contributed by atoms with van der Waals surface area (Å²) in [5, 5.41) is 2.93. The maximum Gasteiger partial charge on any atom is 0.373 e. The van der Waals surface area contributed by atoms with Crippen LogP contribution in [0.15, 0.2) is 26.4 Å². The number of carbonyl (C=O) groups excluding carboxylic acids is 1. The Morgan fingerprint density at radius 2 is 1.97 bits per heavy atom. The Morgan fingerprint density at radius 3 is 2.72 bits per heavy atom. The highest BCUT2D eigenvalue weighted by atomic mass is 32.2. The fraction of sp³-hybridized carbons (Fsp3) is 0.550. The summed E-state index contributed by atoms with van der Waals surface area (Å²) in [5.74, 6) is 0.856. The molecule has 29 heavy (non-hydrogen) atoms. The van der Waals surface area contributed by atoms with Crippen molar-refractivity contribution in [3.63, 3.8) is 0 Å². The molecule has 0 atom stereocenters. The molecule has 0 unspecified atom stereocenters. The second-order valence-corrected chi connectivity index (χ2v) is 8.41. The molecule has 1 aliphatic heterocycles. The standard InChI is InChI=1S/C20H26N4O4S/c1-22-9-11-23(12-10-22)24-16-6-4-3-5-15(16)18(21-20(24)26)29-13-14-7-8-17(28-14)19(25)27-2/h7-8H,3-6,9-13H2,1-2H3. The maximum absolute atomic E-state index is 12.9. The predicted octanol–water partition coefficient (Wildman–Crippen LogP) is 1.68. The monoisotopic (exact) mass is 418 g/mol. The van der Waals surface area contributed by atoms with E-state index in [9.17, 15) is 9.59 Å². The van der Waals surface area contributed by atoms with Gasteiger partial charge in [-0.05, 0) is 44.9 Å². The molecule has 1 saturated heterocycles. The summed E-state index contributed by atoms with van der Waals surface area (Å²) in [6.07, 6.45) is 4.04. The molecule has 0 aromatic carbocycles. The molecule has 0 bridgehead atoms. The molecule has 0 N–H and O–H groups in total. The summed E-state index contributed by atoms with van der Waals surface area (Å²) in [6.45, 7) is 3.55. The van der Waals surface area contributed by atoms with Crippen LogP contribution < -0.4 is 10.7 Å². The van der Waals surface area contributed by atoms with E-state index in [4.69, 9.17) is 4.42 Å². The molecular weight excluding hydrogens is 392 g/mol. The van der Waals surface area contributed by atoms with Gasteiger partial charge in [0, 0.05) is 31.7 Å². The van der Waals surface area contributed by atoms with Crippen molar-refractivity contribution in [2.45, 2.75) is 36.5 Å². The van der Waals surface area contributed by atoms with Gasteiger partial charge in [0.2, 0.25) is 5.76 Å². The van der Waals surface area contributed by atoms with Gasteiger partial charge in [-0.15, -0.1) is 0 Å². The van der Waals surface area contributed by atoms with Crippen LogP contribution in [0.25, 0.3) is 0 Å². The lowest BCUT2D eigenvalue weighted by atomic mass is 9.97. The number of piperazine rings is 1. The van der Waals surface area contributed by atoms with Gasteiger partial charge in [-0.1, -0.05) is 11.8 Å². The van der Waals surface area contributed by atoms with E-state index in [1.54, 1.807) is 12.1 Å². The third kappa shape index (κ3) is 4.20. The van der Waals surface area contributed by atoms with Crippen LogP contribution in [0.1, 0.15) is 40.4 Å². The minimum Gasteiger partial charge on any atom is -0.463 e. The first-order chi connectivity index (χ1) is 14.1. The van der Waals surface area contributed by atoms with E-state index in [0.717, 1.165) is 62.6 Å². The van der Waals surface area contributed by atoms with Crippen molar-refractivity contribution in [3.05, 3.63) is 45.4 Å². The topological polar surface area (TPSA) is 80.8 Å². The number of esters is 1. The van der Waals surface area contributed by atoms with Crippen LogP contribution in [-0.4, -0.2) is 60.9 Å². The van der Waals surface area contributed by atoms with Gasteiger partial charge in [-0.25, -0.2) is 14.3 Å². The number of methoxy groups -OCH3 is 1. The van der Waals surface area contributed by atoms with E-state index < -0.39 is 5.97 Å². The summed E-state index contributed by atoms with van der Waals surface area (Å²) in [4.78, 5) is 31.2. The molecule has 0 amide bonds. The summed E-state index contributed by atoms with van der Waals surface area (Å²) >= 11 is 1.49. The Hall–Kier alpha value is -2.26. The minimum absolute atomic E-state index is 0.184. The Balaban J connectivity index is 1.58. The number of rotatable bonds is 5. The Labute approximate surface area is 173 Å². The average molecular weight is 419 g/mol. The molecule has 8 nitrogen and oxygen atoms in total. The molecule has 156 valence electrons. The average Bonchev–Trinajstić information content (AvgIpc) is 3.21. The number of carbonyl (C=O) groups is 1. The molecule has 1 aliphatic carbocycles. The molecule has 2 aliphatic rings. The van der Waals surface area contributed by atoms with Crippen LogP contribution in [0, 0.1) is 0 Å². The van der Waals surface area contributed by atoms with Crippen molar-refractivity contribution in [3.8, 4) is 0 Å². The third-order valence-corrected chi connectivity index (χ3v) is 6.53. The predicted molar refractivity (Wildman–Crippen MR) is 110 cm³/mol. The Kier molecular flexibility index (Phi) is 5.96. The number of fused-ring (bicyclic) bond motifs is 1. The van der Waals surface area contributed by atoms with E-state index in [2.05, 4.69) is 26.7 Å². The van der Waals surface area contributed by atoms with Gasteiger partial charge in [0.05, 0.1) is 18.6 Å².